The molecule has 0 aliphatic carbocycles. The van der Waals surface area contributed by atoms with Crippen LogP contribution in [0.1, 0.15) is 29.8 Å². The summed E-state index contributed by atoms with van der Waals surface area (Å²) in [4.78, 5) is 4.25. The molecule has 0 saturated heterocycles. The molecule has 0 spiro atoms. The summed E-state index contributed by atoms with van der Waals surface area (Å²) in [5, 5.41) is 3.31. The molecule has 5 heteroatoms. The van der Waals surface area contributed by atoms with Gasteiger partial charge in [0.2, 0.25) is 0 Å². The van der Waals surface area contributed by atoms with E-state index in [1.54, 1.807) is 12.3 Å². The van der Waals surface area contributed by atoms with Gasteiger partial charge in [-0.15, -0.1) is 0 Å². The Morgan fingerprint density at radius 3 is 2.55 bits per heavy atom. The molecule has 4 nitrogen and oxygen atoms in total. The van der Waals surface area contributed by atoms with E-state index >= 15 is 0 Å². The van der Waals surface area contributed by atoms with Gasteiger partial charge in [-0.1, -0.05) is 6.07 Å². The van der Waals surface area contributed by atoms with Crippen LogP contribution in [0.2, 0.25) is 0 Å². The fourth-order valence-electron chi connectivity index (χ4n) is 2.28. The molecule has 1 aromatic carbocycles. The van der Waals surface area contributed by atoms with Crippen molar-refractivity contribution in [3.05, 3.63) is 53.1 Å². The van der Waals surface area contributed by atoms with Gasteiger partial charge in [-0.2, -0.15) is 0 Å². The normalized spacial score (nSPS) is 12.0. The Hall–Kier alpha value is -2.14. The minimum atomic E-state index is -0.319. The monoisotopic (exact) mass is 304 g/mol. The maximum Gasteiger partial charge on any atom is 0.163 e. The molecule has 0 bridgehead atoms. The first-order valence-electron chi connectivity index (χ1n) is 7.12. The number of hydrogen-bond acceptors (Lipinski definition) is 4. The third-order valence-corrected chi connectivity index (χ3v) is 3.68. The molecule has 0 amide bonds. The number of pyridine rings is 1. The minimum Gasteiger partial charge on any atom is -0.493 e. The second-order valence-electron chi connectivity index (χ2n) is 5.08. The van der Waals surface area contributed by atoms with Gasteiger partial charge in [-0.3, -0.25) is 4.98 Å². The van der Waals surface area contributed by atoms with Crippen LogP contribution in [0.3, 0.4) is 0 Å². The van der Waals surface area contributed by atoms with Crippen LogP contribution >= 0.6 is 0 Å². The van der Waals surface area contributed by atoms with E-state index in [4.69, 9.17) is 9.47 Å². The summed E-state index contributed by atoms with van der Waals surface area (Å²) >= 11 is 0. The van der Waals surface area contributed by atoms with Crippen LogP contribution < -0.4 is 14.8 Å². The van der Waals surface area contributed by atoms with Gasteiger partial charge >= 0.3 is 0 Å². The Bertz CT molecular complexity index is 647. The maximum absolute atomic E-state index is 14.2. The van der Waals surface area contributed by atoms with Crippen LogP contribution in [0.4, 0.5) is 4.39 Å². The summed E-state index contributed by atoms with van der Waals surface area (Å²) < 4.78 is 24.6. The van der Waals surface area contributed by atoms with E-state index in [0.717, 1.165) is 11.3 Å². The molecule has 0 aliphatic heterocycles. The highest BCUT2D eigenvalue weighted by atomic mass is 19.1. The third-order valence-electron chi connectivity index (χ3n) is 3.68. The van der Waals surface area contributed by atoms with Crippen molar-refractivity contribution < 1.29 is 13.9 Å². The number of ether oxygens (including phenoxy) is 2. The van der Waals surface area contributed by atoms with Crippen LogP contribution in [0, 0.1) is 12.7 Å². The van der Waals surface area contributed by atoms with E-state index in [9.17, 15) is 4.39 Å². The highest BCUT2D eigenvalue weighted by molar-refractivity contribution is 5.44. The van der Waals surface area contributed by atoms with Crippen LogP contribution in [0.5, 0.6) is 11.5 Å². The first kappa shape index (κ1) is 16.2. The first-order valence-corrected chi connectivity index (χ1v) is 7.12. The maximum atomic E-state index is 14.2. The molecule has 0 saturated carbocycles. The van der Waals surface area contributed by atoms with Crippen molar-refractivity contribution in [2.75, 3.05) is 14.2 Å². The lowest BCUT2D eigenvalue weighted by atomic mass is 10.1. The number of nitrogens with one attached hydrogen (secondary N) is 1. The Kier molecular flexibility index (Phi) is 5.33. The van der Waals surface area contributed by atoms with Gasteiger partial charge in [-0.05, 0) is 31.5 Å². The van der Waals surface area contributed by atoms with Crippen LogP contribution in [0.15, 0.2) is 30.5 Å². The van der Waals surface area contributed by atoms with E-state index in [1.807, 2.05) is 26.0 Å². The summed E-state index contributed by atoms with van der Waals surface area (Å²) in [6.07, 6.45) is 1.76. The first-order chi connectivity index (χ1) is 10.6. The Balaban J connectivity index is 2.15. The smallest absolute Gasteiger partial charge is 0.163 e. The number of halogens is 1. The zero-order valence-electron chi connectivity index (χ0n) is 13.3. The lowest BCUT2D eigenvalue weighted by molar-refractivity contribution is 0.350. The second kappa shape index (κ2) is 7.22. The molecule has 22 heavy (non-hydrogen) atoms. The fraction of sp³-hybridized carbons (Fsp3) is 0.353. The zero-order chi connectivity index (χ0) is 16.1. The van der Waals surface area contributed by atoms with Crippen LogP contribution in [-0.4, -0.2) is 19.2 Å². The number of aryl methyl sites for hydroxylation is 1. The molecule has 0 radical (unpaired) electrons. The van der Waals surface area contributed by atoms with E-state index in [1.165, 1.54) is 20.3 Å². The lowest BCUT2D eigenvalue weighted by Gasteiger charge is -2.18. The van der Waals surface area contributed by atoms with Gasteiger partial charge in [0.15, 0.2) is 11.5 Å². The molecule has 1 aromatic heterocycles. The van der Waals surface area contributed by atoms with Gasteiger partial charge in [0.1, 0.15) is 5.82 Å². The molecule has 2 aromatic rings. The molecule has 1 N–H and O–H groups in total. The van der Waals surface area contributed by atoms with E-state index in [2.05, 4.69) is 10.3 Å². The standard InChI is InChI=1S/C17H21FN2O2/c1-11-13(6-5-7-19-11)10-20-12(2)14-8-16(21-3)17(22-4)9-15(14)18/h5-9,12,20H,10H2,1-4H3. The zero-order valence-corrected chi connectivity index (χ0v) is 13.3. The quantitative estimate of drug-likeness (QED) is 0.888. The van der Waals surface area contributed by atoms with Gasteiger partial charge in [0, 0.05) is 36.1 Å². The summed E-state index contributed by atoms with van der Waals surface area (Å²) in [6, 6.07) is 6.75. The number of benzene rings is 1. The van der Waals surface area contributed by atoms with Crippen molar-refractivity contribution in [1.82, 2.24) is 10.3 Å². The van der Waals surface area contributed by atoms with E-state index < -0.39 is 0 Å². The third kappa shape index (κ3) is 3.54. The average molecular weight is 304 g/mol. The molecule has 1 atom stereocenters. The van der Waals surface area contributed by atoms with Crippen molar-refractivity contribution in [1.29, 1.82) is 0 Å². The van der Waals surface area contributed by atoms with Crippen molar-refractivity contribution >= 4 is 0 Å². The lowest BCUT2D eigenvalue weighted by Crippen LogP contribution is -2.20. The molecule has 0 fully saturated rings. The van der Waals surface area contributed by atoms with Crippen molar-refractivity contribution in [3.63, 3.8) is 0 Å². The molecule has 1 unspecified atom stereocenters. The van der Waals surface area contributed by atoms with Crippen LogP contribution in [-0.2, 0) is 6.54 Å². The SMILES string of the molecule is COc1cc(F)c(C(C)NCc2cccnc2C)cc1OC. The predicted octanol–water partition coefficient (Wildman–Crippen LogP) is 3.40. The molecule has 1 heterocycles. The van der Waals surface area contributed by atoms with Gasteiger partial charge in [0.25, 0.3) is 0 Å². The van der Waals surface area contributed by atoms with Crippen molar-refractivity contribution in [3.8, 4) is 11.5 Å². The Morgan fingerprint density at radius 2 is 1.91 bits per heavy atom. The summed E-state index contributed by atoms with van der Waals surface area (Å²) in [5.74, 6) is 0.588. The van der Waals surface area contributed by atoms with E-state index in [-0.39, 0.29) is 11.9 Å². The van der Waals surface area contributed by atoms with Gasteiger partial charge < -0.3 is 14.8 Å². The van der Waals surface area contributed by atoms with Crippen LogP contribution in [0.25, 0.3) is 0 Å². The molecule has 0 aliphatic rings. The minimum absolute atomic E-state index is 0.167. The number of rotatable bonds is 6. The second-order valence-corrected chi connectivity index (χ2v) is 5.08. The number of hydrogen-bond donors (Lipinski definition) is 1. The predicted molar refractivity (Wildman–Crippen MR) is 83.7 cm³/mol. The average Bonchev–Trinajstić information content (AvgIpc) is 2.53. The Labute approximate surface area is 130 Å². The van der Waals surface area contributed by atoms with Gasteiger partial charge in [0.05, 0.1) is 14.2 Å². The van der Waals surface area contributed by atoms with Crippen molar-refractivity contribution in [2.45, 2.75) is 26.4 Å². The number of methoxy groups -OCH3 is 2. The number of nitrogens with zero attached hydrogens (tertiary/aromatic N) is 1. The molecular formula is C17H21FN2O2. The Morgan fingerprint density at radius 1 is 1.23 bits per heavy atom. The molecular weight excluding hydrogens is 283 g/mol. The summed E-state index contributed by atoms with van der Waals surface area (Å²) in [5.41, 5.74) is 2.60. The largest absolute Gasteiger partial charge is 0.493 e. The molecule has 118 valence electrons. The van der Waals surface area contributed by atoms with Crippen molar-refractivity contribution in [2.24, 2.45) is 0 Å². The summed E-state index contributed by atoms with van der Waals surface area (Å²) in [6.45, 7) is 4.49. The van der Waals surface area contributed by atoms with E-state index in [0.29, 0.717) is 23.6 Å². The highest BCUT2D eigenvalue weighted by Gasteiger charge is 2.16. The topological polar surface area (TPSA) is 43.4 Å². The molecule has 2 rings (SSSR count). The fourth-order valence-corrected chi connectivity index (χ4v) is 2.28. The summed E-state index contributed by atoms with van der Waals surface area (Å²) in [7, 11) is 3.03. The van der Waals surface area contributed by atoms with Gasteiger partial charge in [-0.25, -0.2) is 4.39 Å². The number of aromatic nitrogens is 1. The highest BCUT2D eigenvalue weighted by Crippen LogP contribution is 2.32.